The summed E-state index contributed by atoms with van der Waals surface area (Å²) >= 11 is 0. The minimum Gasteiger partial charge on any atom is -0.505 e. The van der Waals surface area contributed by atoms with Crippen molar-refractivity contribution in [2.24, 2.45) is 11.3 Å². The summed E-state index contributed by atoms with van der Waals surface area (Å²) in [5, 5.41) is 12.7. The molecule has 4 nitrogen and oxygen atoms in total. The molecule has 1 aliphatic carbocycles. The lowest BCUT2D eigenvalue weighted by molar-refractivity contribution is 0.0919. The summed E-state index contributed by atoms with van der Waals surface area (Å²) in [4.78, 5) is 15.9. The van der Waals surface area contributed by atoms with Crippen molar-refractivity contribution < 1.29 is 9.90 Å². The average molecular weight is 276 g/mol. The van der Waals surface area contributed by atoms with Gasteiger partial charge in [0.1, 0.15) is 5.75 Å². The molecule has 0 saturated heterocycles. The standard InChI is InChI=1S/C16H24N2O2/c1-12(2)9-16(6-3-4-7-16)11-18-15(20)13-5-8-17-10-14(13)19/h5,8,10,12,19H,3-4,6-7,9,11H2,1-2H3,(H,18,20). The smallest absolute Gasteiger partial charge is 0.255 e. The summed E-state index contributed by atoms with van der Waals surface area (Å²) < 4.78 is 0. The van der Waals surface area contributed by atoms with Crippen molar-refractivity contribution in [1.82, 2.24) is 10.3 Å². The Bertz CT molecular complexity index is 465. The molecule has 2 N–H and O–H groups in total. The number of nitrogens with one attached hydrogen (secondary N) is 1. The first-order valence-corrected chi connectivity index (χ1v) is 7.44. The van der Waals surface area contributed by atoms with E-state index in [1.807, 2.05) is 0 Å². The molecule has 4 heteroatoms. The summed E-state index contributed by atoms with van der Waals surface area (Å²) in [6.07, 6.45) is 8.85. The molecule has 0 radical (unpaired) electrons. The highest BCUT2D eigenvalue weighted by atomic mass is 16.3. The molecule has 0 aromatic carbocycles. The molecule has 1 saturated carbocycles. The van der Waals surface area contributed by atoms with E-state index in [0.717, 1.165) is 6.42 Å². The van der Waals surface area contributed by atoms with Crippen molar-refractivity contribution in [3.8, 4) is 5.75 Å². The van der Waals surface area contributed by atoms with Crippen LogP contribution >= 0.6 is 0 Å². The Kier molecular flexibility index (Phi) is 4.63. The molecule has 1 aromatic heterocycles. The number of pyridine rings is 1. The molecule has 0 atom stereocenters. The Morgan fingerprint density at radius 2 is 2.15 bits per heavy atom. The fourth-order valence-electron chi connectivity index (χ4n) is 3.39. The van der Waals surface area contributed by atoms with Gasteiger partial charge in [0, 0.05) is 12.7 Å². The summed E-state index contributed by atoms with van der Waals surface area (Å²) in [6.45, 7) is 5.17. The summed E-state index contributed by atoms with van der Waals surface area (Å²) in [7, 11) is 0. The number of amides is 1. The van der Waals surface area contributed by atoms with Crippen LogP contribution in [0.2, 0.25) is 0 Å². The number of rotatable bonds is 5. The zero-order valence-corrected chi connectivity index (χ0v) is 12.4. The second-order valence-electron chi connectivity index (χ2n) is 6.38. The van der Waals surface area contributed by atoms with E-state index in [4.69, 9.17) is 0 Å². The maximum absolute atomic E-state index is 12.2. The van der Waals surface area contributed by atoms with Crippen molar-refractivity contribution in [3.63, 3.8) is 0 Å². The monoisotopic (exact) mass is 276 g/mol. The van der Waals surface area contributed by atoms with Gasteiger partial charge in [0.25, 0.3) is 5.91 Å². The van der Waals surface area contributed by atoms with Crippen LogP contribution in [0.1, 0.15) is 56.3 Å². The minimum absolute atomic E-state index is 0.0608. The zero-order valence-electron chi connectivity index (χ0n) is 12.4. The van der Waals surface area contributed by atoms with Crippen LogP contribution in [-0.2, 0) is 0 Å². The molecule has 2 rings (SSSR count). The van der Waals surface area contributed by atoms with Gasteiger partial charge in [-0.1, -0.05) is 26.7 Å². The number of hydrogen-bond donors (Lipinski definition) is 2. The second kappa shape index (κ2) is 6.25. The van der Waals surface area contributed by atoms with Crippen LogP contribution in [0.15, 0.2) is 18.5 Å². The van der Waals surface area contributed by atoms with E-state index >= 15 is 0 Å². The van der Waals surface area contributed by atoms with Gasteiger partial charge < -0.3 is 10.4 Å². The van der Waals surface area contributed by atoms with Crippen molar-refractivity contribution in [1.29, 1.82) is 0 Å². The number of carbonyl (C=O) groups is 1. The number of nitrogens with zero attached hydrogens (tertiary/aromatic N) is 1. The van der Waals surface area contributed by atoms with Crippen LogP contribution in [0.4, 0.5) is 0 Å². The molecule has 110 valence electrons. The minimum atomic E-state index is -0.208. The molecule has 1 aliphatic rings. The molecule has 0 bridgehead atoms. The highest BCUT2D eigenvalue weighted by Gasteiger charge is 2.34. The van der Waals surface area contributed by atoms with Crippen molar-refractivity contribution in [2.75, 3.05) is 6.54 Å². The maximum Gasteiger partial charge on any atom is 0.255 e. The third kappa shape index (κ3) is 3.50. The predicted molar refractivity (Wildman–Crippen MR) is 78.6 cm³/mol. The second-order valence-corrected chi connectivity index (χ2v) is 6.38. The maximum atomic E-state index is 12.2. The van der Waals surface area contributed by atoms with Crippen LogP contribution in [0.25, 0.3) is 0 Å². The number of aromatic hydroxyl groups is 1. The topological polar surface area (TPSA) is 62.2 Å². The van der Waals surface area contributed by atoms with E-state index in [0.29, 0.717) is 18.0 Å². The van der Waals surface area contributed by atoms with Gasteiger partial charge in [0.15, 0.2) is 0 Å². The summed E-state index contributed by atoms with van der Waals surface area (Å²) in [5.41, 5.74) is 0.546. The third-order valence-corrected chi connectivity index (χ3v) is 4.17. The highest BCUT2D eigenvalue weighted by molar-refractivity contribution is 5.96. The lowest BCUT2D eigenvalue weighted by atomic mass is 9.78. The Morgan fingerprint density at radius 1 is 1.45 bits per heavy atom. The number of aromatic nitrogens is 1. The van der Waals surface area contributed by atoms with E-state index in [-0.39, 0.29) is 17.1 Å². The number of carbonyl (C=O) groups excluding carboxylic acids is 1. The van der Waals surface area contributed by atoms with Gasteiger partial charge in [-0.05, 0) is 36.7 Å². The van der Waals surface area contributed by atoms with Crippen LogP contribution in [0.5, 0.6) is 5.75 Å². The fraction of sp³-hybridized carbons (Fsp3) is 0.625. The highest BCUT2D eigenvalue weighted by Crippen LogP contribution is 2.42. The van der Waals surface area contributed by atoms with E-state index < -0.39 is 0 Å². The molecular formula is C16H24N2O2. The quantitative estimate of drug-likeness (QED) is 0.868. The Labute approximate surface area is 120 Å². The largest absolute Gasteiger partial charge is 0.505 e. The van der Waals surface area contributed by atoms with Gasteiger partial charge in [-0.15, -0.1) is 0 Å². The van der Waals surface area contributed by atoms with Gasteiger partial charge in [0.2, 0.25) is 0 Å². The van der Waals surface area contributed by atoms with E-state index in [2.05, 4.69) is 24.1 Å². The van der Waals surface area contributed by atoms with Crippen LogP contribution in [-0.4, -0.2) is 22.5 Å². The van der Waals surface area contributed by atoms with Gasteiger partial charge in [-0.3, -0.25) is 9.78 Å². The summed E-state index contributed by atoms with van der Waals surface area (Å²) in [6, 6.07) is 1.55. The fourth-order valence-corrected chi connectivity index (χ4v) is 3.39. The molecule has 0 aliphatic heterocycles. The SMILES string of the molecule is CC(C)CC1(CNC(=O)c2ccncc2O)CCCC1. The lowest BCUT2D eigenvalue weighted by Gasteiger charge is -2.31. The first-order valence-electron chi connectivity index (χ1n) is 7.44. The van der Waals surface area contributed by atoms with Gasteiger partial charge >= 0.3 is 0 Å². The van der Waals surface area contributed by atoms with Crippen LogP contribution in [0, 0.1) is 11.3 Å². The average Bonchev–Trinajstić information content (AvgIpc) is 2.84. The van der Waals surface area contributed by atoms with Crippen molar-refractivity contribution in [3.05, 3.63) is 24.0 Å². The van der Waals surface area contributed by atoms with Gasteiger partial charge in [-0.25, -0.2) is 0 Å². The first-order chi connectivity index (χ1) is 9.52. The lowest BCUT2D eigenvalue weighted by Crippen LogP contribution is -2.36. The summed E-state index contributed by atoms with van der Waals surface area (Å²) in [5.74, 6) is 0.369. The van der Waals surface area contributed by atoms with Crippen molar-refractivity contribution in [2.45, 2.75) is 46.0 Å². The van der Waals surface area contributed by atoms with Crippen LogP contribution < -0.4 is 5.32 Å². The molecule has 1 heterocycles. The van der Waals surface area contributed by atoms with Crippen molar-refractivity contribution >= 4 is 5.91 Å². The molecule has 20 heavy (non-hydrogen) atoms. The first kappa shape index (κ1) is 14.8. The Morgan fingerprint density at radius 3 is 2.75 bits per heavy atom. The Balaban J connectivity index is 1.99. The molecular weight excluding hydrogens is 252 g/mol. The normalized spacial score (nSPS) is 17.4. The van der Waals surface area contributed by atoms with Crippen LogP contribution in [0.3, 0.4) is 0 Å². The molecule has 0 unspecified atom stereocenters. The van der Waals surface area contributed by atoms with E-state index in [1.54, 1.807) is 6.07 Å². The number of hydrogen-bond acceptors (Lipinski definition) is 3. The molecule has 0 spiro atoms. The third-order valence-electron chi connectivity index (χ3n) is 4.17. The molecule has 1 aromatic rings. The van der Waals surface area contributed by atoms with E-state index in [9.17, 15) is 9.90 Å². The predicted octanol–water partition coefficient (Wildman–Crippen LogP) is 3.12. The van der Waals surface area contributed by atoms with E-state index in [1.165, 1.54) is 38.1 Å². The molecule has 1 fully saturated rings. The van der Waals surface area contributed by atoms with Gasteiger partial charge in [-0.2, -0.15) is 0 Å². The van der Waals surface area contributed by atoms with Gasteiger partial charge in [0.05, 0.1) is 11.8 Å². The zero-order chi connectivity index (χ0) is 14.6. The molecule has 1 amide bonds. The Hall–Kier alpha value is -1.58.